The molecule has 2 rings (SSSR count). The maximum absolute atomic E-state index is 11.9. The number of ether oxygens (including phenoxy) is 3. The number of carboxylic acids is 1. The number of methoxy groups -OCH3 is 2. The highest BCUT2D eigenvalue weighted by Gasteiger charge is 2.17. The highest BCUT2D eigenvalue weighted by molar-refractivity contribution is 6.32. The van der Waals surface area contributed by atoms with Gasteiger partial charge in [-0.15, -0.1) is 0 Å². The fraction of sp³-hybridized carbons (Fsp3) is 0.300. The molecule has 0 aliphatic carbocycles. The number of carbonyl (C=O) groups excluding carboxylic acids is 1. The van der Waals surface area contributed by atoms with Crippen molar-refractivity contribution in [1.29, 1.82) is 0 Å². The SMILES string of the molecule is Bc1ccc(Oc2cc(CC(=O)O)ccc2OC)c(CN(CC)C(=O)OC)c1. The highest BCUT2D eigenvalue weighted by Crippen LogP contribution is 2.34. The maximum atomic E-state index is 11.9. The minimum absolute atomic E-state index is 0.118. The Labute approximate surface area is 165 Å². The van der Waals surface area contributed by atoms with Crippen molar-refractivity contribution in [3.05, 3.63) is 47.5 Å². The van der Waals surface area contributed by atoms with Gasteiger partial charge in [0.05, 0.1) is 27.2 Å². The molecule has 0 atom stereocenters. The summed E-state index contributed by atoms with van der Waals surface area (Å²) in [6.45, 7) is 2.67. The van der Waals surface area contributed by atoms with Gasteiger partial charge < -0.3 is 24.2 Å². The third-order valence-corrected chi connectivity index (χ3v) is 4.20. The second kappa shape index (κ2) is 9.69. The fourth-order valence-electron chi connectivity index (χ4n) is 2.78. The van der Waals surface area contributed by atoms with Gasteiger partial charge in [-0.25, -0.2) is 4.79 Å². The van der Waals surface area contributed by atoms with Crippen LogP contribution in [0.4, 0.5) is 4.79 Å². The van der Waals surface area contributed by atoms with Crippen LogP contribution in [0.15, 0.2) is 36.4 Å². The molecule has 2 aromatic rings. The van der Waals surface area contributed by atoms with Crippen LogP contribution >= 0.6 is 0 Å². The largest absolute Gasteiger partial charge is 0.493 e. The number of rotatable bonds is 8. The van der Waals surface area contributed by atoms with Gasteiger partial charge in [0.1, 0.15) is 13.6 Å². The summed E-state index contributed by atoms with van der Waals surface area (Å²) in [6, 6.07) is 10.7. The Kier molecular flexibility index (Phi) is 7.32. The zero-order valence-electron chi connectivity index (χ0n) is 16.5. The van der Waals surface area contributed by atoms with Gasteiger partial charge in [0.2, 0.25) is 0 Å². The number of carboxylic acid groups (broad SMARTS) is 1. The molecule has 0 aromatic heterocycles. The summed E-state index contributed by atoms with van der Waals surface area (Å²) >= 11 is 0. The number of amides is 1. The van der Waals surface area contributed by atoms with Gasteiger partial charge in [-0.1, -0.05) is 23.7 Å². The van der Waals surface area contributed by atoms with Crippen LogP contribution in [-0.4, -0.2) is 50.7 Å². The fourth-order valence-corrected chi connectivity index (χ4v) is 2.78. The van der Waals surface area contributed by atoms with E-state index in [1.165, 1.54) is 14.2 Å². The van der Waals surface area contributed by atoms with Crippen molar-refractivity contribution in [1.82, 2.24) is 4.90 Å². The molecular formula is C20H24BNO6. The van der Waals surface area contributed by atoms with Crippen LogP contribution in [0.1, 0.15) is 18.1 Å². The Morgan fingerprint density at radius 1 is 1.07 bits per heavy atom. The van der Waals surface area contributed by atoms with Crippen LogP contribution < -0.4 is 14.9 Å². The molecule has 28 heavy (non-hydrogen) atoms. The van der Waals surface area contributed by atoms with Gasteiger partial charge in [0, 0.05) is 12.1 Å². The maximum Gasteiger partial charge on any atom is 0.409 e. The van der Waals surface area contributed by atoms with Gasteiger partial charge >= 0.3 is 12.1 Å². The standard InChI is InChI=1S/C20H24BNO6/c1-4-22(20(25)27-3)12-14-11-15(21)6-8-16(14)28-18-9-13(10-19(23)24)5-7-17(18)26-2/h5-9,11H,4,10,12,21H2,1-3H3,(H,23,24). The second-order valence-corrected chi connectivity index (χ2v) is 6.25. The molecule has 0 spiro atoms. The molecule has 0 fully saturated rings. The molecule has 0 heterocycles. The lowest BCUT2D eigenvalue weighted by atomic mass is 9.94. The highest BCUT2D eigenvalue weighted by atomic mass is 16.5. The monoisotopic (exact) mass is 385 g/mol. The summed E-state index contributed by atoms with van der Waals surface area (Å²) in [4.78, 5) is 24.5. The molecule has 1 amide bonds. The molecule has 0 bridgehead atoms. The van der Waals surface area contributed by atoms with Crippen LogP contribution in [-0.2, 0) is 22.5 Å². The second-order valence-electron chi connectivity index (χ2n) is 6.25. The molecule has 8 heteroatoms. The van der Waals surface area contributed by atoms with E-state index in [0.717, 1.165) is 11.0 Å². The number of hydrogen-bond acceptors (Lipinski definition) is 5. The molecule has 0 saturated carbocycles. The lowest BCUT2D eigenvalue weighted by molar-refractivity contribution is -0.136. The Hall–Kier alpha value is -3.16. The van der Waals surface area contributed by atoms with Crippen LogP contribution in [0.25, 0.3) is 0 Å². The van der Waals surface area contributed by atoms with E-state index in [-0.39, 0.29) is 6.42 Å². The van der Waals surface area contributed by atoms with Crippen molar-refractivity contribution in [2.75, 3.05) is 20.8 Å². The van der Waals surface area contributed by atoms with Gasteiger partial charge in [-0.2, -0.15) is 0 Å². The summed E-state index contributed by atoms with van der Waals surface area (Å²) in [5, 5.41) is 9.03. The van der Waals surface area contributed by atoms with Crippen molar-refractivity contribution in [3.8, 4) is 17.2 Å². The van der Waals surface area contributed by atoms with Crippen LogP contribution in [0.5, 0.6) is 17.2 Å². The quantitative estimate of drug-likeness (QED) is 0.700. The normalized spacial score (nSPS) is 10.2. The van der Waals surface area contributed by atoms with E-state index >= 15 is 0 Å². The first-order valence-corrected chi connectivity index (χ1v) is 8.86. The minimum atomic E-state index is -0.927. The first-order chi connectivity index (χ1) is 13.4. The van der Waals surface area contributed by atoms with Crippen LogP contribution in [0, 0.1) is 0 Å². The number of nitrogens with zero attached hydrogens (tertiary/aromatic N) is 1. The average Bonchev–Trinajstić information content (AvgIpc) is 2.67. The van der Waals surface area contributed by atoms with Crippen molar-refractivity contribution < 1.29 is 28.9 Å². The Morgan fingerprint density at radius 3 is 2.39 bits per heavy atom. The molecule has 0 radical (unpaired) electrons. The predicted octanol–water partition coefficient (Wildman–Crippen LogP) is 1.96. The first kappa shape index (κ1) is 21.1. The number of hydrogen-bond donors (Lipinski definition) is 1. The summed E-state index contributed by atoms with van der Waals surface area (Å²) < 4.78 is 16.2. The number of aliphatic carboxylic acids is 1. The molecule has 2 aromatic carbocycles. The summed E-state index contributed by atoms with van der Waals surface area (Å²) in [5.41, 5.74) is 2.43. The molecule has 7 nitrogen and oxygen atoms in total. The predicted molar refractivity (Wildman–Crippen MR) is 108 cm³/mol. The smallest absolute Gasteiger partial charge is 0.409 e. The Morgan fingerprint density at radius 2 is 1.79 bits per heavy atom. The van der Waals surface area contributed by atoms with Crippen LogP contribution in [0.3, 0.4) is 0 Å². The van der Waals surface area contributed by atoms with Crippen molar-refractivity contribution >= 4 is 25.4 Å². The third-order valence-electron chi connectivity index (χ3n) is 4.20. The lowest BCUT2D eigenvalue weighted by Gasteiger charge is -2.21. The molecule has 0 aliphatic rings. The summed E-state index contributed by atoms with van der Waals surface area (Å²) in [5.74, 6) is 0.524. The zero-order chi connectivity index (χ0) is 20.7. The minimum Gasteiger partial charge on any atom is -0.493 e. The lowest BCUT2D eigenvalue weighted by Crippen LogP contribution is -2.30. The number of benzene rings is 2. The molecule has 0 unspecified atom stereocenters. The first-order valence-electron chi connectivity index (χ1n) is 8.86. The van der Waals surface area contributed by atoms with E-state index in [1.54, 1.807) is 23.1 Å². The van der Waals surface area contributed by atoms with Gasteiger partial charge in [0.15, 0.2) is 11.5 Å². The molecule has 1 N–H and O–H groups in total. The number of carbonyl (C=O) groups is 2. The van der Waals surface area contributed by atoms with E-state index in [9.17, 15) is 9.59 Å². The van der Waals surface area contributed by atoms with E-state index in [4.69, 9.17) is 19.3 Å². The van der Waals surface area contributed by atoms with E-state index < -0.39 is 12.1 Å². The van der Waals surface area contributed by atoms with Crippen molar-refractivity contribution in [2.24, 2.45) is 0 Å². The Balaban J connectivity index is 2.38. The summed E-state index contributed by atoms with van der Waals surface area (Å²) in [7, 11) is 4.82. The van der Waals surface area contributed by atoms with Crippen molar-refractivity contribution in [2.45, 2.75) is 19.9 Å². The molecule has 0 saturated heterocycles. The molecule has 148 valence electrons. The van der Waals surface area contributed by atoms with Gasteiger partial charge in [0.25, 0.3) is 0 Å². The van der Waals surface area contributed by atoms with Gasteiger partial charge in [-0.3, -0.25) is 4.79 Å². The molecule has 0 aliphatic heterocycles. The topological polar surface area (TPSA) is 85.3 Å². The Bertz CT molecular complexity index is 855. The zero-order valence-corrected chi connectivity index (χ0v) is 16.5. The van der Waals surface area contributed by atoms with E-state index in [2.05, 4.69) is 0 Å². The molecular weight excluding hydrogens is 361 g/mol. The summed E-state index contributed by atoms with van der Waals surface area (Å²) in [6.07, 6.45) is -0.538. The van der Waals surface area contributed by atoms with Crippen molar-refractivity contribution in [3.63, 3.8) is 0 Å². The van der Waals surface area contributed by atoms with E-state index in [1.807, 2.05) is 33.0 Å². The van der Waals surface area contributed by atoms with E-state index in [0.29, 0.717) is 35.9 Å². The van der Waals surface area contributed by atoms with Gasteiger partial charge in [-0.05, 0) is 30.7 Å². The van der Waals surface area contributed by atoms with Crippen LogP contribution in [0.2, 0.25) is 0 Å². The average molecular weight is 385 g/mol. The third kappa shape index (κ3) is 5.42.